The fourth-order valence-electron chi connectivity index (χ4n) is 1.55. The molecule has 0 saturated carbocycles. The van der Waals surface area contributed by atoms with E-state index >= 15 is 0 Å². The quantitative estimate of drug-likeness (QED) is 0.713. The van der Waals surface area contributed by atoms with E-state index in [2.05, 4.69) is 4.72 Å². The number of carbonyl (C=O) groups is 1. The Kier molecular flexibility index (Phi) is 6.75. The Morgan fingerprint density at radius 2 is 1.90 bits per heavy atom. The highest BCUT2D eigenvalue weighted by Crippen LogP contribution is 2.24. The molecule has 20 heavy (non-hydrogen) atoms. The lowest BCUT2D eigenvalue weighted by Crippen LogP contribution is -2.25. The third kappa shape index (κ3) is 5.66. The molecule has 1 aromatic carbocycles. The molecule has 0 aliphatic rings. The number of aliphatic carboxylic acids is 1. The Morgan fingerprint density at radius 3 is 2.55 bits per heavy atom. The standard InChI is InChI=1S/C12H15Cl2NO4S/c13-9-5-6-10(14)11(8-9)20(18,19)15-7-3-1-2-4-12(16)17/h5-6,8,15H,1-4,7H2,(H,16,17). The number of hydrogen-bond donors (Lipinski definition) is 2. The number of unbranched alkanes of at least 4 members (excludes halogenated alkanes) is 2. The van der Waals surface area contributed by atoms with Gasteiger partial charge in [0.05, 0.1) is 5.02 Å². The van der Waals surface area contributed by atoms with Crippen molar-refractivity contribution in [3.8, 4) is 0 Å². The first kappa shape index (κ1) is 17.2. The zero-order chi connectivity index (χ0) is 15.2. The highest BCUT2D eigenvalue weighted by atomic mass is 35.5. The zero-order valence-electron chi connectivity index (χ0n) is 10.6. The fourth-order valence-corrected chi connectivity index (χ4v) is 3.38. The van der Waals surface area contributed by atoms with Crippen LogP contribution in [-0.2, 0) is 14.8 Å². The van der Waals surface area contributed by atoms with Crippen LogP contribution in [0, 0.1) is 0 Å². The van der Waals surface area contributed by atoms with E-state index in [1.807, 2.05) is 0 Å². The Hall–Kier alpha value is -0.820. The van der Waals surface area contributed by atoms with Crippen LogP contribution in [0.15, 0.2) is 23.1 Å². The number of benzene rings is 1. The summed E-state index contributed by atoms with van der Waals surface area (Å²) in [5.74, 6) is -0.851. The lowest BCUT2D eigenvalue weighted by atomic mass is 10.2. The first-order valence-corrected chi connectivity index (χ1v) is 8.23. The molecule has 0 heterocycles. The normalized spacial score (nSPS) is 11.5. The molecule has 2 N–H and O–H groups in total. The van der Waals surface area contributed by atoms with Crippen LogP contribution in [0.4, 0.5) is 0 Å². The van der Waals surface area contributed by atoms with Gasteiger partial charge in [-0.15, -0.1) is 0 Å². The second-order valence-corrected chi connectivity index (χ2v) is 6.76. The first-order valence-electron chi connectivity index (χ1n) is 5.99. The molecule has 8 heteroatoms. The van der Waals surface area contributed by atoms with E-state index in [1.165, 1.54) is 18.2 Å². The molecule has 0 spiro atoms. The molecule has 1 rings (SSSR count). The number of carboxylic acid groups (broad SMARTS) is 1. The number of nitrogens with one attached hydrogen (secondary N) is 1. The smallest absolute Gasteiger partial charge is 0.303 e. The molecular weight excluding hydrogens is 325 g/mol. The van der Waals surface area contributed by atoms with Crippen molar-refractivity contribution < 1.29 is 18.3 Å². The molecule has 1 aromatic rings. The van der Waals surface area contributed by atoms with Crippen LogP contribution in [0.2, 0.25) is 10.0 Å². The van der Waals surface area contributed by atoms with Gasteiger partial charge in [0.25, 0.3) is 0 Å². The van der Waals surface area contributed by atoms with Gasteiger partial charge < -0.3 is 5.11 Å². The summed E-state index contributed by atoms with van der Waals surface area (Å²) < 4.78 is 26.4. The topological polar surface area (TPSA) is 83.5 Å². The third-order valence-corrected chi connectivity index (χ3v) is 4.72. The van der Waals surface area contributed by atoms with Crippen molar-refractivity contribution in [1.82, 2.24) is 4.72 Å². The van der Waals surface area contributed by atoms with Crippen LogP contribution in [0.5, 0.6) is 0 Å². The van der Waals surface area contributed by atoms with Gasteiger partial charge in [-0.25, -0.2) is 13.1 Å². The molecule has 112 valence electrons. The van der Waals surface area contributed by atoms with E-state index < -0.39 is 16.0 Å². The van der Waals surface area contributed by atoms with Crippen molar-refractivity contribution in [1.29, 1.82) is 0 Å². The predicted octanol–water partition coefficient (Wildman–Crippen LogP) is 2.92. The molecule has 0 amide bonds. The van der Waals surface area contributed by atoms with Gasteiger partial charge in [-0.3, -0.25) is 4.79 Å². The minimum absolute atomic E-state index is 0.0581. The summed E-state index contributed by atoms with van der Waals surface area (Å²) in [4.78, 5) is 10.2. The van der Waals surface area contributed by atoms with Gasteiger partial charge in [0.1, 0.15) is 4.90 Å². The highest BCUT2D eigenvalue weighted by molar-refractivity contribution is 7.89. The molecule has 0 aliphatic carbocycles. The Balaban J connectivity index is 2.50. The summed E-state index contributed by atoms with van der Waals surface area (Å²) in [6, 6.07) is 4.22. The van der Waals surface area contributed by atoms with Crippen LogP contribution >= 0.6 is 23.2 Å². The van der Waals surface area contributed by atoms with E-state index in [0.29, 0.717) is 19.3 Å². The maximum Gasteiger partial charge on any atom is 0.303 e. The lowest BCUT2D eigenvalue weighted by Gasteiger charge is -2.08. The number of sulfonamides is 1. The minimum atomic E-state index is -3.70. The lowest BCUT2D eigenvalue weighted by molar-refractivity contribution is -0.137. The second kappa shape index (κ2) is 7.83. The molecule has 0 atom stereocenters. The van der Waals surface area contributed by atoms with Gasteiger partial charge in [0, 0.05) is 18.0 Å². The van der Waals surface area contributed by atoms with E-state index in [-0.39, 0.29) is 27.9 Å². The van der Waals surface area contributed by atoms with Crippen molar-refractivity contribution in [2.24, 2.45) is 0 Å². The minimum Gasteiger partial charge on any atom is -0.481 e. The van der Waals surface area contributed by atoms with Crippen LogP contribution in [0.3, 0.4) is 0 Å². The number of hydrogen-bond acceptors (Lipinski definition) is 3. The molecule has 0 fully saturated rings. The van der Waals surface area contributed by atoms with Crippen molar-refractivity contribution >= 4 is 39.2 Å². The number of carboxylic acids is 1. The van der Waals surface area contributed by atoms with Crippen molar-refractivity contribution in [3.63, 3.8) is 0 Å². The summed E-state index contributed by atoms with van der Waals surface area (Å²) >= 11 is 11.6. The van der Waals surface area contributed by atoms with Crippen molar-refractivity contribution in [2.45, 2.75) is 30.6 Å². The zero-order valence-corrected chi connectivity index (χ0v) is 12.9. The molecule has 0 bridgehead atoms. The SMILES string of the molecule is O=C(O)CCCCCNS(=O)(=O)c1cc(Cl)ccc1Cl. The van der Waals surface area contributed by atoms with Gasteiger partial charge in [0.2, 0.25) is 10.0 Å². The number of halogens is 2. The van der Waals surface area contributed by atoms with Gasteiger partial charge in [-0.05, 0) is 31.0 Å². The van der Waals surface area contributed by atoms with Crippen molar-refractivity contribution in [3.05, 3.63) is 28.2 Å². The van der Waals surface area contributed by atoms with Crippen LogP contribution < -0.4 is 4.72 Å². The molecule has 5 nitrogen and oxygen atoms in total. The van der Waals surface area contributed by atoms with Gasteiger partial charge in [-0.2, -0.15) is 0 Å². The fraction of sp³-hybridized carbons (Fsp3) is 0.417. The van der Waals surface area contributed by atoms with Gasteiger partial charge in [-0.1, -0.05) is 29.6 Å². The second-order valence-electron chi connectivity index (χ2n) is 4.18. The largest absolute Gasteiger partial charge is 0.481 e. The molecule has 0 radical (unpaired) electrons. The summed E-state index contributed by atoms with van der Waals surface area (Å²) in [5, 5.41) is 8.86. The Morgan fingerprint density at radius 1 is 1.20 bits per heavy atom. The Bertz CT molecular complexity index is 575. The number of rotatable bonds is 8. The predicted molar refractivity (Wildman–Crippen MR) is 77.8 cm³/mol. The van der Waals surface area contributed by atoms with Gasteiger partial charge >= 0.3 is 5.97 Å². The van der Waals surface area contributed by atoms with E-state index in [1.54, 1.807) is 0 Å². The third-order valence-electron chi connectivity index (χ3n) is 2.54. The summed E-state index contributed by atoms with van der Waals surface area (Å²) in [5.41, 5.74) is 0. The summed E-state index contributed by atoms with van der Waals surface area (Å²) in [6.07, 6.45) is 1.81. The Labute approximate surface area is 127 Å². The van der Waals surface area contributed by atoms with Crippen LogP contribution in [0.25, 0.3) is 0 Å². The maximum absolute atomic E-state index is 12.0. The average molecular weight is 340 g/mol. The van der Waals surface area contributed by atoms with Crippen LogP contribution in [0.1, 0.15) is 25.7 Å². The molecule has 0 unspecified atom stereocenters. The molecule has 0 aliphatic heterocycles. The van der Waals surface area contributed by atoms with E-state index in [9.17, 15) is 13.2 Å². The van der Waals surface area contributed by atoms with E-state index in [4.69, 9.17) is 28.3 Å². The molecule has 0 aromatic heterocycles. The summed E-state index contributed by atoms with van der Waals surface area (Å²) in [6.45, 7) is 0.227. The van der Waals surface area contributed by atoms with Crippen LogP contribution in [-0.4, -0.2) is 26.0 Å². The van der Waals surface area contributed by atoms with Gasteiger partial charge in [0.15, 0.2) is 0 Å². The monoisotopic (exact) mass is 339 g/mol. The molecular formula is C12H15Cl2NO4S. The average Bonchev–Trinajstić information content (AvgIpc) is 2.36. The summed E-state index contributed by atoms with van der Waals surface area (Å²) in [7, 11) is -3.70. The highest BCUT2D eigenvalue weighted by Gasteiger charge is 2.17. The first-order chi connectivity index (χ1) is 9.33. The van der Waals surface area contributed by atoms with E-state index in [0.717, 1.165) is 0 Å². The maximum atomic E-state index is 12.0. The van der Waals surface area contributed by atoms with Crippen molar-refractivity contribution in [2.75, 3.05) is 6.54 Å². The molecule has 0 saturated heterocycles.